The molecule has 0 amide bonds. The summed E-state index contributed by atoms with van der Waals surface area (Å²) in [4.78, 5) is 17.8. The van der Waals surface area contributed by atoms with Gasteiger partial charge >= 0.3 is 5.97 Å². The van der Waals surface area contributed by atoms with E-state index in [1.54, 1.807) is 12.1 Å². The van der Waals surface area contributed by atoms with Crippen LogP contribution in [0.2, 0.25) is 0 Å². The second kappa shape index (κ2) is 8.67. The summed E-state index contributed by atoms with van der Waals surface area (Å²) in [7, 11) is 0. The van der Waals surface area contributed by atoms with Crippen molar-refractivity contribution in [2.45, 2.75) is 62.3 Å². The highest BCUT2D eigenvalue weighted by atomic mass is 32.2. The van der Waals surface area contributed by atoms with Crippen LogP contribution < -0.4 is 0 Å². The average Bonchev–Trinajstić information content (AvgIpc) is 3.43. The van der Waals surface area contributed by atoms with Gasteiger partial charge in [0.1, 0.15) is 5.82 Å². The first-order valence-electron chi connectivity index (χ1n) is 11.3. The lowest BCUT2D eigenvalue weighted by Crippen LogP contribution is -2.29. The molecule has 1 N–H and O–H groups in total. The second-order valence-electron chi connectivity index (χ2n) is 8.89. The van der Waals surface area contributed by atoms with Crippen molar-refractivity contribution in [2.24, 2.45) is 0 Å². The van der Waals surface area contributed by atoms with E-state index in [-0.39, 0.29) is 0 Å². The smallest absolute Gasteiger partial charge is 0.335 e. The fraction of sp³-hybridized carbons (Fsp3) is 0.440. The Labute approximate surface area is 187 Å². The van der Waals surface area contributed by atoms with Crippen LogP contribution in [-0.4, -0.2) is 38.0 Å². The number of carboxylic acid groups (broad SMARTS) is 1. The van der Waals surface area contributed by atoms with Crippen LogP contribution in [0, 0.1) is 6.92 Å². The number of imidazole rings is 1. The summed E-state index contributed by atoms with van der Waals surface area (Å²) < 4.78 is 4.92. The Morgan fingerprint density at radius 3 is 2.42 bits per heavy atom. The minimum atomic E-state index is -0.889. The number of piperidine rings is 1. The first-order valence-corrected chi connectivity index (χ1v) is 12.1. The van der Waals surface area contributed by atoms with Crippen molar-refractivity contribution in [2.75, 3.05) is 13.1 Å². The molecule has 1 saturated heterocycles. The maximum Gasteiger partial charge on any atom is 0.335 e. The standard InChI is InChI=1S/C25H29N3O2S/c1-17-6-9-21(10-7-17)31-27-14-12-18(13-15-27)24-26-22-16-19(25(29)30)8-11-23(22)28(24)20-4-2-3-5-20/h6-11,16,18,20H,2-5,12-15H2,1H3,(H,29,30). The van der Waals surface area contributed by atoms with Crippen molar-refractivity contribution in [1.29, 1.82) is 0 Å². The predicted molar refractivity (Wildman–Crippen MR) is 125 cm³/mol. The van der Waals surface area contributed by atoms with Gasteiger partial charge in [-0.1, -0.05) is 30.5 Å². The zero-order chi connectivity index (χ0) is 21.4. The van der Waals surface area contributed by atoms with Crippen LogP contribution in [0.3, 0.4) is 0 Å². The normalized spacial score (nSPS) is 18.7. The van der Waals surface area contributed by atoms with Crippen LogP contribution in [-0.2, 0) is 0 Å². The molecule has 1 aliphatic heterocycles. The molecule has 0 radical (unpaired) electrons. The zero-order valence-electron chi connectivity index (χ0n) is 18.0. The highest BCUT2D eigenvalue weighted by Crippen LogP contribution is 2.39. The average molecular weight is 436 g/mol. The lowest BCUT2D eigenvalue weighted by atomic mass is 9.97. The predicted octanol–water partition coefficient (Wildman–Crippen LogP) is 6.04. The number of carboxylic acids is 1. The molecule has 2 aliphatic rings. The molecule has 6 heteroatoms. The third-order valence-electron chi connectivity index (χ3n) is 6.73. The number of aryl methyl sites for hydroxylation is 1. The third kappa shape index (κ3) is 4.23. The van der Waals surface area contributed by atoms with Crippen molar-refractivity contribution in [1.82, 2.24) is 13.9 Å². The van der Waals surface area contributed by atoms with Gasteiger partial charge in [0.15, 0.2) is 0 Å². The van der Waals surface area contributed by atoms with Crippen LogP contribution in [0.25, 0.3) is 11.0 Å². The first-order chi connectivity index (χ1) is 15.1. The molecule has 1 aromatic heterocycles. The monoisotopic (exact) mass is 435 g/mol. The molecule has 3 aromatic rings. The van der Waals surface area contributed by atoms with E-state index in [1.807, 2.05) is 18.0 Å². The largest absolute Gasteiger partial charge is 0.478 e. The lowest BCUT2D eigenvalue weighted by Gasteiger charge is -2.31. The SMILES string of the molecule is Cc1ccc(SN2CCC(c3nc4cc(C(=O)O)ccc4n3C3CCCC3)CC2)cc1. The number of benzene rings is 2. The number of nitrogens with zero attached hydrogens (tertiary/aromatic N) is 3. The number of aromatic nitrogens is 2. The number of fused-ring (bicyclic) bond motifs is 1. The van der Waals surface area contributed by atoms with Gasteiger partial charge in [0, 0.05) is 29.9 Å². The first kappa shape index (κ1) is 20.6. The minimum Gasteiger partial charge on any atom is -0.478 e. The number of aromatic carboxylic acids is 1. The lowest BCUT2D eigenvalue weighted by molar-refractivity contribution is 0.0697. The molecular formula is C25H29N3O2S. The Bertz CT molecular complexity index is 1080. The molecule has 0 bridgehead atoms. The molecule has 0 atom stereocenters. The molecule has 0 spiro atoms. The van der Waals surface area contributed by atoms with Gasteiger partial charge in [0.2, 0.25) is 0 Å². The van der Waals surface area contributed by atoms with Crippen molar-refractivity contribution in [3.8, 4) is 0 Å². The van der Waals surface area contributed by atoms with Gasteiger partial charge in [-0.2, -0.15) is 0 Å². The Morgan fingerprint density at radius 2 is 1.74 bits per heavy atom. The molecule has 162 valence electrons. The quantitative estimate of drug-likeness (QED) is 0.495. The van der Waals surface area contributed by atoms with Gasteiger partial charge < -0.3 is 9.67 Å². The van der Waals surface area contributed by atoms with Gasteiger partial charge in [0.05, 0.1) is 16.6 Å². The minimum absolute atomic E-state index is 0.319. The molecule has 5 nitrogen and oxygen atoms in total. The highest BCUT2D eigenvalue weighted by Gasteiger charge is 2.30. The summed E-state index contributed by atoms with van der Waals surface area (Å²) in [6.45, 7) is 4.20. The number of hydrogen-bond acceptors (Lipinski definition) is 4. The molecule has 2 fully saturated rings. The number of hydrogen-bond donors (Lipinski definition) is 1. The van der Waals surface area contributed by atoms with Gasteiger partial charge in [-0.25, -0.2) is 14.1 Å². The zero-order valence-corrected chi connectivity index (χ0v) is 18.8. The van der Waals surface area contributed by atoms with E-state index >= 15 is 0 Å². The van der Waals surface area contributed by atoms with Crippen LogP contribution in [0.15, 0.2) is 47.4 Å². The summed E-state index contributed by atoms with van der Waals surface area (Å²) in [6.07, 6.45) is 7.09. The molecule has 31 heavy (non-hydrogen) atoms. The van der Waals surface area contributed by atoms with E-state index < -0.39 is 5.97 Å². The van der Waals surface area contributed by atoms with Crippen molar-refractivity contribution >= 4 is 29.0 Å². The third-order valence-corrected chi connectivity index (χ3v) is 7.83. The summed E-state index contributed by atoms with van der Waals surface area (Å²) in [5.74, 6) is 0.709. The number of rotatable bonds is 5. The van der Waals surface area contributed by atoms with Crippen LogP contribution in [0.1, 0.15) is 72.2 Å². The van der Waals surface area contributed by atoms with Gasteiger partial charge in [0.25, 0.3) is 0 Å². The molecule has 2 heterocycles. The van der Waals surface area contributed by atoms with Gasteiger partial charge in [-0.3, -0.25) is 0 Å². The van der Waals surface area contributed by atoms with E-state index in [4.69, 9.17) is 4.98 Å². The number of carbonyl (C=O) groups is 1. The van der Waals surface area contributed by atoms with E-state index in [0.29, 0.717) is 17.5 Å². The van der Waals surface area contributed by atoms with Crippen molar-refractivity contribution < 1.29 is 9.90 Å². The van der Waals surface area contributed by atoms with E-state index in [9.17, 15) is 9.90 Å². The molecule has 0 unspecified atom stereocenters. The fourth-order valence-electron chi connectivity index (χ4n) is 5.04. The Balaban J connectivity index is 1.38. The topological polar surface area (TPSA) is 58.4 Å². The Kier molecular flexibility index (Phi) is 5.76. The summed E-state index contributed by atoms with van der Waals surface area (Å²) in [5, 5.41) is 9.40. The Hall–Kier alpha value is -2.31. The molecule has 1 aliphatic carbocycles. The Morgan fingerprint density at radius 1 is 1.03 bits per heavy atom. The second-order valence-corrected chi connectivity index (χ2v) is 10.1. The maximum atomic E-state index is 11.5. The van der Waals surface area contributed by atoms with Gasteiger partial charge in [-0.15, -0.1) is 0 Å². The molecule has 2 aromatic carbocycles. The summed E-state index contributed by atoms with van der Waals surface area (Å²) in [6, 6.07) is 14.7. The fourth-order valence-corrected chi connectivity index (χ4v) is 5.99. The van der Waals surface area contributed by atoms with E-state index in [0.717, 1.165) is 37.0 Å². The van der Waals surface area contributed by atoms with E-state index in [1.165, 1.54) is 42.0 Å². The maximum absolute atomic E-state index is 11.5. The van der Waals surface area contributed by atoms with Gasteiger partial charge in [-0.05, 0) is 74.9 Å². The van der Waals surface area contributed by atoms with Crippen LogP contribution in [0.5, 0.6) is 0 Å². The molecule has 5 rings (SSSR count). The molecular weight excluding hydrogens is 406 g/mol. The van der Waals surface area contributed by atoms with E-state index in [2.05, 4.69) is 40.1 Å². The van der Waals surface area contributed by atoms with Crippen molar-refractivity contribution in [3.05, 3.63) is 59.4 Å². The van der Waals surface area contributed by atoms with Crippen molar-refractivity contribution in [3.63, 3.8) is 0 Å². The van der Waals surface area contributed by atoms with Crippen LogP contribution >= 0.6 is 11.9 Å². The summed E-state index contributed by atoms with van der Waals surface area (Å²) >= 11 is 1.85. The molecule has 1 saturated carbocycles. The van der Waals surface area contributed by atoms with Crippen LogP contribution in [0.4, 0.5) is 0 Å². The summed E-state index contributed by atoms with van der Waals surface area (Å²) in [5.41, 5.74) is 3.54. The highest BCUT2D eigenvalue weighted by molar-refractivity contribution is 7.97.